The molecule has 1 aromatic heterocycles. The molecule has 0 amide bonds. The zero-order chi connectivity index (χ0) is 11.4. The predicted octanol–water partition coefficient (Wildman–Crippen LogP) is 3.40. The first-order valence-corrected chi connectivity index (χ1v) is 6.80. The van der Waals surface area contributed by atoms with E-state index in [1.54, 1.807) is 11.8 Å². The van der Waals surface area contributed by atoms with E-state index >= 15 is 0 Å². The summed E-state index contributed by atoms with van der Waals surface area (Å²) < 4.78 is 5.19. The van der Waals surface area contributed by atoms with Crippen LogP contribution in [0.15, 0.2) is 16.7 Å². The van der Waals surface area contributed by atoms with E-state index in [2.05, 4.69) is 0 Å². The topological polar surface area (TPSA) is 50.4 Å². The van der Waals surface area contributed by atoms with E-state index in [0.717, 1.165) is 11.7 Å². The molecule has 1 aromatic rings. The van der Waals surface area contributed by atoms with Gasteiger partial charge in [-0.15, -0.1) is 0 Å². The second-order valence-electron chi connectivity index (χ2n) is 4.23. The molecule has 2 rings (SSSR count). The van der Waals surface area contributed by atoms with Crippen LogP contribution < -0.4 is 0 Å². The van der Waals surface area contributed by atoms with Crippen LogP contribution in [0.4, 0.5) is 0 Å². The maximum atomic E-state index is 10.8. The van der Waals surface area contributed by atoms with Crippen molar-refractivity contribution in [3.8, 4) is 0 Å². The summed E-state index contributed by atoms with van der Waals surface area (Å²) in [7, 11) is 0. The molecule has 1 fully saturated rings. The molecule has 3 nitrogen and oxygen atoms in total. The standard InChI is InChI=1S/C12H16O3S/c13-12(14)10-5-6-15-11(10)8-16-7-9-3-1-2-4-9/h5-6,9H,1-4,7-8H2,(H,13,14). The summed E-state index contributed by atoms with van der Waals surface area (Å²) in [4.78, 5) is 10.8. The maximum absolute atomic E-state index is 10.8. The fourth-order valence-corrected chi connectivity index (χ4v) is 3.33. The molecule has 88 valence electrons. The third-order valence-corrected chi connectivity index (χ3v) is 4.21. The fourth-order valence-electron chi connectivity index (χ4n) is 2.14. The van der Waals surface area contributed by atoms with Crippen molar-refractivity contribution in [3.63, 3.8) is 0 Å². The summed E-state index contributed by atoms with van der Waals surface area (Å²) in [5.74, 6) is 2.32. The van der Waals surface area contributed by atoms with Gasteiger partial charge in [0, 0.05) is 0 Å². The van der Waals surface area contributed by atoms with Gasteiger partial charge < -0.3 is 9.52 Å². The van der Waals surface area contributed by atoms with Crippen molar-refractivity contribution in [1.29, 1.82) is 0 Å². The van der Waals surface area contributed by atoms with Crippen LogP contribution in [-0.4, -0.2) is 16.8 Å². The number of carboxylic acid groups (broad SMARTS) is 1. The molecule has 0 saturated heterocycles. The summed E-state index contributed by atoms with van der Waals surface area (Å²) in [6, 6.07) is 1.52. The van der Waals surface area contributed by atoms with Crippen LogP contribution in [0.2, 0.25) is 0 Å². The molecule has 0 bridgehead atoms. The minimum atomic E-state index is -0.898. The highest BCUT2D eigenvalue weighted by Gasteiger charge is 2.17. The van der Waals surface area contributed by atoms with E-state index in [9.17, 15) is 4.79 Å². The maximum Gasteiger partial charge on any atom is 0.339 e. The molecule has 0 aliphatic heterocycles. The highest BCUT2D eigenvalue weighted by atomic mass is 32.2. The Hall–Kier alpha value is -0.900. The van der Waals surface area contributed by atoms with Crippen LogP contribution in [0.3, 0.4) is 0 Å². The number of thioether (sulfide) groups is 1. The normalized spacial score (nSPS) is 16.8. The number of rotatable bonds is 5. The Kier molecular flexibility index (Phi) is 3.93. The molecule has 16 heavy (non-hydrogen) atoms. The molecule has 1 heterocycles. The first-order chi connectivity index (χ1) is 7.77. The van der Waals surface area contributed by atoms with Crippen LogP contribution in [-0.2, 0) is 5.75 Å². The van der Waals surface area contributed by atoms with Gasteiger partial charge in [0.25, 0.3) is 0 Å². The Balaban J connectivity index is 1.80. The molecule has 1 aliphatic rings. The smallest absolute Gasteiger partial charge is 0.339 e. The van der Waals surface area contributed by atoms with Crippen molar-refractivity contribution < 1.29 is 14.3 Å². The summed E-state index contributed by atoms with van der Waals surface area (Å²) in [5.41, 5.74) is 0.305. The number of carboxylic acids is 1. The molecule has 0 spiro atoms. The molecule has 0 aromatic carbocycles. The van der Waals surface area contributed by atoms with Gasteiger partial charge in [-0.05, 0) is 30.6 Å². The van der Waals surface area contributed by atoms with Gasteiger partial charge in [-0.1, -0.05) is 12.8 Å². The lowest BCUT2D eigenvalue weighted by Crippen LogP contribution is -2.00. The zero-order valence-corrected chi connectivity index (χ0v) is 9.96. The van der Waals surface area contributed by atoms with E-state index in [4.69, 9.17) is 9.52 Å². The summed E-state index contributed by atoms with van der Waals surface area (Å²) in [5, 5.41) is 8.90. The third kappa shape index (κ3) is 2.82. The SMILES string of the molecule is O=C(O)c1ccoc1CSCC1CCCC1. The first kappa shape index (κ1) is 11.6. The van der Waals surface area contributed by atoms with E-state index < -0.39 is 5.97 Å². The summed E-state index contributed by atoms with van der Waals surface area (Å²) >= 11 is 1.78. The molecular weight excluding hydrogens is 224 g/mol. The third-order valence-electron chi connectivity index (χ3n) is 3.04. The Labute approximate surface area is 99.2 Å². The molecule has 4 heteroatoms. The van der Waals surface area contributed by atoms with Crippen molar-refractivity contribution in [2.45, 2.75) is 31.4 Å². The lowest BCUT2D eigenvalue weighted by Gasteiger charge is -2.07. The van der Waals surface area contributed by atoms with E-state index in [1.165, 1.54) is 38.0 Å². The molecule has 0 atom stereocenters. The highest BCUT2D eigenvalue weighted by Crippen LogP contribution is 2.29. The van der Waals surface area contributed by atoms with Gasteiger partial charge in [0.1, 0.15) is 11.3 Å². The summed E-state index contributed by atoms with van der Waals surface area (Å²) in [6.45, 7) is 0. The van der Waals surface area contributed by atoms with Crippen LogP contribution in [0.5, 0.6) is 0 Å². The molecular formula is C12H16O3S. The fraction of sp³-hybridized carbons (Fsp3) is 0.583. The number of hydrogen-bond donors (Lipinski definition) is 1. The largest absolute Gasteiger partial charge is 0.478 e. The molecule has 0 unspecified atom stereocenters. The Bertz CT molecular complexity index is 353. The number of carbonyl (C=O) groups is 1. The Morgan fingerprint density at radius 1 is 1.50 bits per heavy atom. The lowest BCUT2D eigenvalue weighted by molar-refractivity contribution is 0.0695. The first-order valence-electron chi connectivity index (χ1n) is 5.65. The molecule has 0 radical (unpaired) electrons. The molecule has 1 N–H and O–H groups in total. The number of aromatic carboxylic acids is 1. The van der Waals surface area contributed by atoms with Crippen LogP contribution in [0, 0.1) is 5.92 Å². The van der Waals surface area contributed by atoms with Crippen LogP contribution >= 0.6 is 11.8 Å². The second kappa shape index (κ2) is 5.43. The van der Waals surface area contributed by atoms with Gasteiger partial charge in [0.2, 0.25) is 0 Å². The second-order valence-corrected chi connectivity index (χ2v) is 5.26. The molecule has 1 aliphatic carbocycles. The highest BCUT2D eigenvalue weighted by molar-refractivity contribution is 7.98. The quantitative estimate of drug-likeness (QED) is 0.857. The van der Waals surface area contributed by atoms with Gasteiger partial charge in [-0.2, -0.15) is 11.8 Å². The summed E-state index contributed by atoms with van der Waals surface area (Å²) in [6.07, 6.45) is 6.82. The lowest BCUT2D eigenvalue weighted by atomic mass is 10.1. The average molecular weight is 240 g/mol. The average Bonchev–Trinajstić information content (AvgIpc) is 2.87. The minimum Gasteiger partial charge on any atom is -0.478 e. The monoisotopic (exact) mass is 240 g/mol. The van der Waals surface area contributed by atoms with Crippen molar-refractivity contribution in [2.75, 3.05) is 5.75 Å². The Morgan fingerprint density at radius 3 is 2.94 bits per heavy atom. The van der Waals surface area contributed by atoms with E-state index in [1.807, 2.05) is 0 Å². The van der Waals surface area contributed by atoms with Gasteiger partial charge in [-0.25, -0.2) is 4.79 Å². The predicted molar refractivity (Wildman–Crippen MR) is 63.8 cm³/mol. The van der Waals surface area contributed by atoms with Gasteiger partial charge in [0.15, 0.2) is 0 Å². The number of furan rings is 1. The van der Waals surface area contributed by atoms with Crippen molar-refractivity contribution >= 4 is 17.7 Å². The Morgan fingerprint density at radius 2 is 2.25 bits per heavy atom. The van der Waals surface area contributed by atoms with Crippen molar-refractivity contribution in [1.82, 2.24) is 0 Å². The van der Waals surface area contributed by atoms with E-state index in [0.29, 0.717) is 17.1 Å². The van der Waals surface area contributed by atoms with Crippen LogP contribution in [0.1, 0.15) is 41.8 Å². The van der Waals surface area contributed by atoms with Gasteiger partial charge in [0.05, 0.1) is 12.0 Å². The van der Waals surface area contributed by atoms with Crippen molar-refractivity contribution in [2.24, 2.45) is 5.92 Å². The number of hydrogen-bond acceptors (Lipinski definition) is 3. The minimum absolute atomic E-state index is 0.305. The van der Waals surface area contributed by atoms with Gasteiger partial charge >= 0.3 is 5.97 Å². The van der Waals surface area contributed by atoms with E-state index in [-0.39, 0.29) is 0 Å². The van der Waals surface area contributed by atoms with Crippen molar-refractivity contribution in [3.05, 3.63) is 23.7 Å². The molecule has 1 saturated carbocycles. The van der Waals surface area contributed by atoms with Crippen LogP contribution in [0.25, 0.3) is 0 Å². The zero-order valence-electron chi connectivity index (χ0n) is 9.15. The van der Waals surface area contributed by atoms with Gasteiger partial charge in [-0.3, -0.25) is 0 Å².